The maximum absolute atomic E-state index is 13.5. The van der Waals surface area contributed by atoms with Gasteiger partial charge in [0, 0.05) is 49.9 Å². The number of ether oxygens (including phenoxy) is 1. The second-order valence-corrected chi connectivity index (χ2v) is 9.36. The van der Waals surface area contributed by atoms with Crippen LogP contribution < -0.4 is 5.32 Å². The number of piperazine rings is 1. The molecule has 3 aliphatic rings. The lowest BCUT2D eigenvalue weighted by Crippen LogP contribution is -2.49. The van der Waals surface area contributed by atoms with Crippen molar-refractivity contribution in [2.45, 2.75) is 37.3 Å². The van der Waals surface area contributed by atoms with Crippen molar-refractivity contribution in [3.63, 3.8) is 0 Å². The van der Waals surface area contributed by atoms with Crippen molar-refractivity contribution in [3.8, 4) is 0 Å². The molecule has 172 valence electrons. The molecule has 2 saturated heterocycles. The summed E-state index contributed by atoms with van der Waals surface area (Å²) >= 11 is 0. The smallest absolute Gasteiger partial charge is 0.378 e. The quantitative estimate of drug-likeness (QED) is 0.723. The Kier molecular flexibility index (Phi) is 5.90. The van der Waals surface area contributed by atoms with E-state index in [4.69, 9.17) is 4.74 Å². The number of hydrogen-bond donors (Lipinski definition) is 1. The number of likely N-dealkylation sites (N-methyl/N-ethyl adjacent to an activating group) is 1. The topological polar surface area (TPSA) is 27.7 Å². The van der Waals surface area contributed by atoms with Crippen LogP contribution in [0.5, 0.6) is 0 Å². The summed E-state index contributed by atoms with van der Waals surface area (Å²) < 4.78 is 47.0. The molecule has 1 N–H and O–H groups in total. The monoisotopic (exact) mass is 445 g/mol. The minimum atomic E-state index is -4.37. The van der Waals surface area contributed by atoms with Gasteiger partial charge in [-0.15, -0.1) is 0 Å². The van der Waals surface area contributed by atoms with E-state index in [1.807, 2.05) is 18.2 Å². The van der Waals surface area contributed by atoms with Crippen LogP contribution in [0.4, 0.5) is 18.9 Å². The van der Waals surface area contributed by atoms with Crippen LogP contribution in [0.25, 0.3) is 0 Å². The van der Waals surface area contributed by atoms with E-state index in [1.165, 1.54) is 12.1 Å². The third-order valence-corrected chi connectivity index (χ3v) is 7.19. The van der Waals surface area contributed by atoms with Gasteiger partial charge in [0.2, 0.25) is 0 Å². The molecule has 0 saturated carbocycles. The molecular formula is C25H30F3N3O. The lowest BCUT2D eigenvalue weighted by Gasteiger charge is -2.47. The van der Waals surface area contributed by atoms with Crippen LogP contribution in [0.3, 0.4) is 0 Å². The lowest BCUT2D eigenvalue weighted by molar-refractivity contribution is -0.138. The number of fused-ring (bicyclic) bond motifs is 3. The first-order valence-electron chi connectivity index (χ1n) is 11.5. The second kappa shape index (κ2) is 8.69. The highest BCUT2D eigenvalue weighted by molar-refractivity contribution is 5.58. The molecule has 32 heavy (non-hydrogen) atoms. The van der Waals surface area contributed by atoms with Crippen molar-refractivity contribution < 1.29 is 17.9 Å². The number of hydrogen-bond acceptors (Lipinski definition) is 4. The molecule has 0 aliphatic carbocycles. The largest absolute Gasteiger partial charge is 0.416 e. The van der Waals surface area contributed by atoms with E-state index in [2.05, 4.69) is 34.3 Å². The summed E-state index contributed by atoms with van der Waals surface area (Å²) in [5.41, 5.74) is 1.92. The molecule has 0 bridgehead atoms. The van der Waals surface area contributed by atoms with E-state index in [0.29, 0.717) is 5.56 Å². The van der Waals surface area contributed by atoms with E-state index in [0.717, 1.165) is 56.8 Å². The third-order valence-electron chi connectivity index (χ3n) is 7.19. The minimum absolute atomic E-state index is 0.0232. The molecule has 0 spiro atoms. The molecule has 7 heteroatoms. The number of alkyl halides is 3. The zero-order chi connectivity index (χ0) is 22.3. The van der Waals surface area contributed by atoms with Crippen molar-refractivity contribution in [1.29, 1.82) is 0 Å². The summed E-state index contributed by atoms with van der Waals surface area (Å²) in [5.74, 6) is 0.0946. The van der Waals surface area contributed by atoms with Gasteiger partial charge >= 0.3 is 6.18 Å². The van der Waals surface area contributed by atoms with Gasteiger partial charge < -0.3 is 15.0 Å². The van der Waals surface area contributed by atoms with Gasteiger partial charge in [-0.1, -0.05) is 30.3 Å². The van der Waals surface area contributed by atoms with Gasteiger partial charge in [0.25, 0.3) is 0 Å². The maximum atomic E-state index is 13.5. The zero-order valence-electron chi connectivity index (χ0n) is 18.3. The fourth-order valence-electron chi connectivity index (χ4n) is 5.38. The first kappa shape index (κ1) is 21.7. The summed E-state index contributed by atoms with van der Waals surface area (Å²) in [6.45, 7) is 4.93. The molecule has 2 fully saturated rings. The standard InChI is InChI=1S/C25H30F3N3O/c1-30-11-13-31(14-12-30)16-19-8-9-20-23(17-5-3-2-4-6-17)29-22-10-7-18(25(26,27)28)15-21(22)24(20)32-19/h2-7,10,15,19-20,23-24,29H,8-9,11-14,16H2,1H3. The van der Waals surface area contributed by atoms with Crippen LogP contribution in [0.1, 0.15) is 41.7 Å². The van der Waals surface area contributed by atoms with Crippen molar-refractivity contribution in [3.05, 3.63) is 65.2 Å². The molecule has 3 aliphatic heterocycles. The van der Waals surface area contributed by atoms with Crippen molar-refractivity contribution in [1.82, 2.24) is 9.80 Å². The Morgan fingerprint density at radius 3 is 2.47 bits per heavy atom. The molecule has 2 aromatic carbocycles. The molecule has 0 aromatic heterocycles. The van der Waals surface area contributed by atoms with Crippen molar-refractivity contribution in [2.24, 2.45) is 5.92 Å². The Bertz CT molecular complexity index is 928. The van der Waals surface area contributed by atoms with Gasteiger partial charge in [-0.05, 0) is 43.7 Å². The summed E-state index contributed by atoms with van der Waals surface area (Å²) in [7, 11) is 2.13. The van der Waals surface area contributed by atoms with Crippen LogP contribution in [-0.4, -0.2) is 55.7 Å². The molecular weight excluding hydrogens is 415 g/mol. The number of anilines is 1. The lowest BCUT2D eigenvalue weighted by atomic mass is 9.76. The Labute approximate surface area is 187 Å². The highest BCUT2D eigenvalue weighted by Crippen LogP contribution is 2.51. The maximum Gasteiger partial charge on any atom is 0.416 e. The van der Waals surface area contributed by atoms with Gasteiger partial charge in [0.1, 0.15) is 0 Å². The van der Waals surface area contributed by atoms with Crippen LogP contribution in [-0.2, 0) is 10.9 Å². The van der Waals surface area contributed by atoms with Gasteiger partial charge in [0.15, 0.2) is 0 Å². The SMILES string of the molecule is CN1CCN(CC2CCC3C(c4ccccc4)Nc4ccc(C(F)(F)F)cc4C3O2)CC1. The summed E-state index contributed by atoms with van der Waals surface area (Å²) in [6.07, 6.45) is -2.83. The van der Waals surface area contributed by atoms with Gasteiger partial charge in [-0.2, -0.15) is 13.2 Å². The van der Waals surface area contributed by atoms with Crippen LogP contribution in [0, 0.1) is 5.92 Å². The second-order valence-electron chi connectivity index (χ2n) is 9.36. The fourth-order valence-corrected chi connectivity index (χ4v) is 5.38. The minimum Gasteiger partial charge on any atom is -0.378 e. The van der Waals surface area contributed by atoms with Gasteiger partial charge in [0.05, 0.1) is 23.8 Å². The highest BCUT2D eigenvalue weighted by Gasteiger charge is 2.43. The third kappa shape index (κ3) is 4.38. The Hall–Kier alpha value is -2.09. The molecule has 4 atom stereocenters. The number of benzene rings is 2. The predicted octanol–water partition coefficient (Wildman–Crippen LogP) is 4.96. The van der Waals surface area contributed by atoms with Gasteiger partial charge in [-0.25, -0.2) is 0 Å². The summed E-state index contributed by atoms with van der Waals surface area (Å²) in [4.78, 5) is 4.74. The van der Waals surface area contributed by atoms with E-state index in [9.17, 15) is 13.2 Å². The Balaban J connectivity index is 1.43. The van der Waals surface area contributed by atoms with E-state index in [-0.39, 0.29) is 24.2 Å². The molecule has 3 heterocycles. The zero-order valence-corrected chi connectivity index (χ0v) is 18.3. The molecule has 4 unspecified atom stereocenters. The van der Waals surface area contributed by atoms with Crippen molar-refractivity contribution in [2.75, 3.05) is 45.1 Å². The Morgan fingerprint density at radius 1 is 1.00 bits per heavy atom. The normalized spacial score (nSPS) is 29.1. The predicted molar refractivity (Wildman–Crippen MR) is 119 cm³/mol. The molecule has 0 amide bonds. The number of halogens is 3. The Morgan fingerprint density at radius 2 is 1.75 bits per heavy atom. The average molecular weight is 446 g/mol. The number of nitrogens with zero attached hydrogens (tertiary/aromatic N) is 2. The highest BCUT2D eigenvalue weighted by atomic mass is 19.4. The summed E-state index contributed by atoms with van der Waals surface area (Å²) in [6, 6.07) is 14.2. The first-order chi connectivity index (χ1) is 15.4. The molecule has 0 radical (unpaired) electrons. The molecule has 5 rings (SSSR count). The van der Waals surface area contributed by atoms with Crippen LogP contribution in [0.15, 0.2) is 48.5 Å². The number of rotatable bonds is 3. The summed E-state index contributed by atoms with van der Waals surface area (Å²) in [5, 5.41) is 3.53. The number of nitrogens with one attached hydrogen (secondary N) is 1. The molecule has 2 aromatic rings. The van der Waals surface area contributed by atoms with E-state index in [1.54, 1.807) is 6.07 Å². The molecule has 4 nitrogen and oxygen atoms in total. The first-order valence-corrected chi connectivity index (χ1v) is 11.5. The average Bonchev–Trinajstić information content (AvgIpc) is 2.79. The van der Waals surface area contributed by atoms with E-state index >= 15 is 0 Å². The fraction of sp³-hybridized carbons (Fsp3) is 0.520. The van der Waals surface area contributed by atoms with E-state index < -0.39 is 11.7 Å². The van der Waals surface area contributed by atoms with Crippen LogP contribution >= 0.6 is 0 Å². The van der Waals surface area contributed by atoms with Crippen molar-refractivity contribution >= 4 is 5.69 Å². The van der Waals surface area contributed by atoms with Gasteiger partial charge in [-0.3, -0.25) is 4.90 Å². The van der Waals surface area contributed by atoms with Crippen LogP contribution in [0.2, 0.25) is 0 Å².